The largest absolute Gasteiger partial charge is 0.379 e. The van der Waals surface area contributed by atoms with Crippen LogP contribution in [0, 0.1) is 0 Å². The lowest BCUT2D eigenvalue weighted by Gasteiger charge is -2.24. The molecule has 0 radical (unpaired) electrons. The van der Waals surface area contributed by atoms with Gasteiger partial charge in [-0.3, -0.25) is 4.90 Å². The van der Waals surface area contributed by atoms with Gasteiger partial charge in [0.05, 0.1) is 13.2 Å². The molecule has 0 aromatic heterocycles. The van der Waals surface area contributed by atoms with E-state index in [1.807, 2.05) is 4.90 Å². The Hall–Kier alpha value is 0.0300. The van der Waals surface area contributed by atoms with E-state index in [2.05, 4.69) is 0 Å². The highest BCUT2D eigenvalue weighted by Gasteiger charge is 2.11. The summed E-state index contributed by atoms with van der Waals surface area (Å²) in [5.74, 6) is 0.253. The van der Waals surface area contributed by atoms with Gasteiger partial charge in [0.25, 0.3) is 0 Å². The van der Waals surface area contributed by atoms with Crippen molar-refractivity contribution < 1.29 is 13.5 Å². The third-order valence-electron chi connectivity index (χ3n) is 1.40. The average molecular weight is 165 g/mol. The SMILES string of the molecule is O=S(O)CN1CCOCC1. The molecule has 1 aliphatic heterocycles. The van der Waals surface area contributed by atoms with Gasteiger partial charge in [0, 0.05) is 13.1 Å². The van der Waals surface area contributed by atoms with Crippen LogP contribution in [-0.2, 0) is 15.8 Å². The summed E-state index contributed by atoms with van der Waals surface area (Å²) in [5.41, 5.74) is 0. The van der Waals surface area contributed by atoms with Crippen molar-refractivity contribution >= 4 is 11.1 Å². The summed E-state index contributed by atoms with van der Waals surface area (Å²) in [4.78, 5) is 1.92. The maximum absolute atomic E-state index is 10.3. The summed E-state index contributed by atoms with van der Waals surface area (Å²) < 4.78 is 23.8. The third kappa shape index (κ3) is 2.74. The fourth-order valence-electron chi connectivity index (χ4n) is 0.886. The molecule has 0 saturated carbocycles. The molecule has 5 heteroatoms. The molecule has 1 fully saturated rings. The highest BCUT2D eigenvalue weighted by molar-refractivity contribution is 7.79. The normalized spacial score (nSPS) is 24.5. The van der Waals surface area contributed by atoms with Crippen LogP contribution in [0.15, 0.2) is 0 Å². The maximum atomic E-state index is 10.3. The molecule has 1 aliphatic rings. The monoisotopic (exact) mass is 165 g/mol. The number of morpholine rings is 1. The van der Waals surface area contributed by atoms with Crippen LogP contribution in [0.1, 0.15) is 0 Å². The van der Waals surface area contributed by atoms with Gasteiger partial charge < -0.3 is 9.29 Å². The minimum absolute atomic E-state index is 0.253. The smallest absolute Gasteiger partial charge is 0.167 e. The third-order valence-corrected chi connectivity index (χ3v) is 1.98. The molecule has 4 nitrogen and oxygen atoms in total. The first kappa shape index (κ1) is 8.13. The Morgan fingerprint density at radius 2 is 2.10 bits per heavy atom. The molecule has 1 heterocycles. The Kier molecular flexibility index (Phi) is 3.27. The Morgan fingerprint density at radius 3 is 2.60 bits per heavy atom. The second-order valence-electron chi connectivity index (χ2n) is 2.18. The van der Waals surface area contributed by atoms with Crippen LogP contribution >= 0.6 is 0 Å². The zero-order valence-corrected chi connectivity index (χ0v) is 6.47. The number of rotatable bonds is 2. The summed E-state index contributed by atoms with van der Waals surface area (Å²) in [5, 5.41) is 0. The van der Waals surface area contributed by atoms with Gasteiger partial charge in [-0.1, -0.05) is 0 Å². The van der Waals surface area contributed by atoms with E-state index < -0.39 is 11.1 Å². The lowest BCUT2D eigenvalue weighted by Crippen LogP contribution is -2.38. The van der Waals surface area contributed by atoms with Gasteiger partial charge in [0.2, 0.25) is 0 Å². The van der Waals surface area contributed by atoms with Gasteiger partial charge in [0.1, 0.15) is 5.88 Å². The summed E-state index contributed by atoms with van der Waals surface area (Å²) in [6.45, 7) is 2.90. The molecule has 1 unspecified atom stereocenters. The second-order valence-corrected chi connectivity index (χ2v) is 3.08. The van der Waals surface area contributed by atoms with Crippen molar-refractivity contribution in [1.29, 1.82) is 0 Å². The van der Waals surface area contributed by atoms with E-state index >= 15 is 0 Å². The molecule has 0 bridgehead atoms. The first-order valence-electron chi connectivity index (χ1n) is 3.16. The van der Waals surface area contributed by atoms with Crippen LogP contribution in [0.25, 0.3) is 0 Å². The van der Waals surface area contributed by atoms with Gasteiger partial charge in [0.15, 0.2) is 11.1 Å². The summed E-state index contributed by atoms with van der Waals surface area (Å²) >= 11 is -1.69. The molecule has 10 heavy (non-hydrogen) atoms. The van der Waals surface area contributed by atoms with E-state index in [4.69, 9.17) is 9.29 Å². The number of nitrogens with zero attached hydrogens (tertiary/aromatic N) is 1. The molecule has 0 amide bonds. The molecule has 0 aromatic carbocycles. The maximum Gasteiger partial charge on any atom is 0.167 e. The minimum Gasteiger partial charge on any atom is -0.379 e. The topological polar surface area (TPSA) is 49.8 Å². The molecule has 0 aromatic rings. The van der Waals surface area contributed by atoms with Crippen molar-refractivity contribution in [3.05, 3.63) is 0 Å². The Bertz CT molecular complexity index is 124. The van der Waals surface area contributed by atoms with Crippen LogP contribution in [-0.4, -0.2) is 45.8 Å². The molecular weight excluding hydrogens is 154 g/mol. The Balaban J connectivity index is 2.19. The number of hydrogen-bond acceptors (Lipinski definition) is 3. The summed E-state index contributed by atoms with van der Waals surface area (Å²) in [6.07, 6.45) is 0. The molecule has 0 spiro atoms. The predicted molar refractivity (Wildman–Crippen MR) is 38.0 cm³/mol. The standard InChI is InChI=1S/C5H11NO3S/c7-10(8)5-6-1-3-9-4-2-6/h1-5H2,(H,7,8). The quantitative estimate of drug-likeness (QED) is 0.560. The summed E-state index contributed by atoms with van der Waals surface area (Å²) in [7, 11) is 0. The molecule has 1 N–H and O–H groups in total. The van der Waals surface area contributed by atoms with Crippen LogP contribution in [0.4, 0.5) is 0 Å². The van der Waals surface area contributed by atoms with E-state index in [-0.39, 0.29) is 5.88 Å². The highest BCUT2D eigenvalue weighted by Crippen LogP contribution is 1.96. The molecule has 60 valence electrons. The second kappa shape index (κ2) is 4.02. The Morgan fingerprint density at radius 1 is 1.50 bits per heavy atom. The molecule has 0 aliphatic carbocycles. The van der Waals surface area contributed by atoms with E-state index in [1.165, 1.54) is 0 Å². The van der Waals surface area contributed by atoms with Gasteiger partial charge in [-0.2, -0.15) is 0 Å². The van der Waals surface area contributed by atoms with E-state index in [0.717, 1.165) is 13.1 Å². The van der Waals surface area contributed by atoms with Crippen molar-refractivity contribution in [3.8, 4) is 0 Å². The zero-order valence-electron chi connectivity index (χ0n) is 5.65. The molecule has 1 rings (SSSR count). The first-order valence-corrected chi connectivity index (χ1v) is 4.44. The van der Waals surface area contributed by atoms with Crippen molar-refractivity contribution in [2.45, 2.75) is 0 Å². The first-order chi connectivity index (χ1) is 4.79. The fourth-order valence-corrected chi connectivity index (χ4v) is 1.46. The van der Waals surface area contributed by atoms with Crippen LogP contribution in [0.3, 0.4) is 0 Å². The molecular formula is C5H11NO3S. The average Bonchev–Trinajstić information content (AvgIpc) is 1.88. The lowest BCUT2D eigenvalue weighted by atomic mass is 10.5. The lowest BCUT2D eigenvalue weighted by molar-refractivity contribution is 0.0463. The predicted octanol–water partition coefficient (Wildman–Crippen LogP) is -0.502. The Labute approximate surface area is 62.4 Å². The van der Waals surface area contributed by atoms with Gasteiger partial charge in [-0.15, -0.1) is 0 Å². The van der Waals surface area contributed by atoms with Crippen LogP contribution < -0.4 is 0 Å². The van der Waals surface area contributed by atoms with E-state index in [0.29, 0.717) is 13.2 Å². The summed E-state index contributed by atoms with van der Waals surface area (Å²) in [6, 6.07) is 0. The van der Waals surface area contributed by atoms with Gasteiger partial charge >= 0.3 is 0 Å². The van der Waals surface area contributed by atoms with Crippen LogP contribution in [0.2, 0.25) is 0 Å². The zero-order chi connectivity index (χ0) is 7.40. The highest BCUT2D eigenvalue weighted by atomic mass is 32.2. The number of hydrogen-bond donors (Lipinski definition) is 1. The van der Waals surface area contributed by atoms with Gasteiger partial charge in [-0.25, -0.2) is 4.21 Å². The van der Waals surface area contributed by atoms with Crippen molar-refractivity contribution in [1.82, 2.24) is 4.90 Å². The van der Waals surface area contributed by atoms with Crippen molar-refractivity contribution in [3.63, 3.8) is 0 Å². The van der Waals surface area contributed by atoms with Gasteiger partial charge in [-0.05, 0) is 0 Å². The number of ether oxygens (including phenoxy) is 1. The minimum atomic E-state index is -1.69. The molecule has 1 saturated heterocycles. The van der Waals surface area contributed by atoms with E-state index in [1.54, 1.807) is 0 Å². The fraction of sp³-hybridized carbons (Fsp3) is 1.00. The molecule has 1 atom stereocenters. The van der Waals surface area contributed by atoms with Crippen LogP contribution in [0.5, 0.6) is 0 Å². The van der Waals surface area contributed by atoms with E-state index in [9.17, 15) is 4.21 Å². The van der Waals surface area contributed by atoms with Crippen molar-refractivity contribution in [2.24, 2.45) is 0 Å². The van der Waals surface area contributed by atoms with Crippen molar-refractivity contribution in [2.75, 3.05) is 32.2 Å².